The Morgan fingerprint density at radius 2 is 1.35 bits per heavy atom. The average Bonchev–Trinajstić information content (AvgIpc) is 3.02. The Labute approximate surface area is 244 Å². The normalized spacial score (nSPS) is 25.4. The van der Waals surface area contributed by atoms with E-state index in [9.17, 15) is 14.7 Å². The first-order valence-electron chi connectivity index (χ1n) is 14.3. The molecule has 1 aliphatic rings. The van der Waals surface area contributed by atoms with E-state index in [1.807, 2.05) is 0 Å². The molecule has 40 heavy (non-hydrogen) atoms. The molecule has 12 heteroatoms. The number of ether oxygens (including phenoxy) is 1. The van der Waals surface area contributed by atoms with Gasteiger partial charge in [-0.15, -0.1) is 0 Å². The van der Waals surface area contributed by atoms with Crippen molar-refractivity contribution >= 4 is 25.0 Å². The van der Waals surface area contributed by atoms with E-state index in [0.717, 1.165) is 0 Å². The number of nitrogens with one attached hydrogen (secondary N) is 1. The van der Waals surface area contributed by atoms with Crippen molar-refractivity contribution < 1.29 is 23.1 Å². The van der Waals surface area contributed by atoms with Crippen molar-refractivity contribution in [2.24, 2.45) is 0 Å². The highest BCUT2D eigenvalue weighted by Gasteiger charge is 2.62. The van der Waals surface area contributed by atoms with E-state index < -0.39 is 60.2 Å². The summed E-state index contributed by atoms with van der Waals surface area (Å²) in [6, 6.07) is 1.29. The van der Waals surface area contributed by atoms with Crippen LogP contribution in [-0.2, 0) is 18.0 Å². The maximum Gasteiger partial charge on any atom is 0.330 e. The Hall–Kier alpha value is -0.869. The van der Waals surface area contributed by atoms with Crippen molar-refractivity contribution in [3.05, 3.63) is 33.1 Å². The summed E-state index contributed by atoms with van der Waals surface area (Å²) in [6.07, 6.45) is -0.961. The molecule has 0 bridgehead atoms. The number of aromatic nitrogens is 2. The van der Waals surface area contributed by atoms with Gasteiger partial charge in [-0.05, 0) is 54.4 Å². The highest BCUT2D eigenvalue weighted by Crippen LogP contribution is 2.49. The number of aromatic amines is 1. The molecule has 1 aromatic heterocycles. The highest BCUT2D eigenvalue weighted by atomic mass is 28.4. The monoisotopic (exact) mass is 616 g/mol. The van der Waals surface area contributed by atoms with Crippen LogP contribution in [0.3, 0.4) is 0 Å². The van der Waals surface area contributed by atoms with Gasteiger partial charge in [-0.2, -0.15) is 0 Å². The quantitative estimate of drug-likeness (QED) is 0.348. The molecule has 2 rings (SSSR count). The van der Waals surface area contributed by atoms with Crippen molar-refractivity contribution in [3.8, 4) is 0 Å². The summed E-state index contributed by atoms with van der Waals surface area (Å²) in [7, 11) is -7.16. The fourth-order valence-corrected chi connectivity index (χ4v) is 7.43. The highest BCUT2D eigenvalue weighted by molar-refractivity contribution is 6.75. The van der Waals surface area contributed by atoms with Gasteiger partial charge in [0.05, 0.1) is 13.2 Å². The minimum atomic E-state index is -2.45. The first-order valence-corrected chi connectivity index (χ1v) is 23.0. The number of nitrogens with zero attached hydrogens (tertiary/aromatic N) is 1. The summed E-state index contributed by atoms with van der Waals surface area (Å²) < 4.78 is 28.9. The van der Waals surface area contributed by atoms with E-state index in [1.54, 1.807) is 0 Å². The second-order valence-corrected chi connectivity index (χ2v) is 30.3. The van der Waals surface area contributed by atoms with Crippen molar-refractivity contribution in [2.45, 2.75) is 141 Å². The van der Waals surface area contributed by atoms with Crippen molar-refractivity contribution in [3.63, 3.8) is 0 Å². The number of hydrogen-bond donors (Lipinski definition) is 2. The van der Waals surface area contributed by atoms with Crippen LogP contribution >= 0.6 is 0 Å². The third-order valence-electron chi connectivity index (χ3n) is 9.79. The minimum Gasteiger partial charge on any atom is -0.414 e. The fourth-order valence-electron chi connectivity index (χ4n) is 3.78. The molecule has 0 spiro atoms. The molecule has 2 N–H and O–H groups in total. The van der Waals surface area contributed by atoms with Crippen LogP contribution in [0, 0.1) is 0 Å². The van der Waals surface area contributed by atoms with Crippen LogP contribution in [0.15, 0.2) is 21.9 Å². The molecule has 0 amide bonds. The molecule has 1 aliphatic heterocycles. The predicted octanol–water partition coefficient (Wildman–Crippen LogP) is 5.60. The van der Waals surface area contributed by atoms with E-state index >= 15 is 0 Å². The first kappa shape index (κ1) is 35.3. The molecule has 9 nitrogen and oxygen atoms in total. The van der Waals surface area contributed by atoms with E-state index in [-0.39, 0.29) is 28.3 Å². The zero-order valence-corrected chi connectivity index (χ0v) is 30.6. The Morgan fingerprint density at radius 1 is 0.875 bits per heavy atom. The summed E-state index contributed by atoms with van der Waals surface area (Å²) in [5, 5.41) is 10.8. The van der Waals surface area contributed by atoms with Gasteiger partial charge < -0.3 is 23.1 Å². The van der Waals surface area contributed by atoms with Gasteiger partial charge in [0.1, 0.15) is 17.8 Å². The van der Waals surface area contributed by atoms with E-state index in [2.05, 4.69) is 107 Å². The Morgan fingerprint density at radius 3 is 1.77 bits per heavy atom. The number of H-pyrrole nitrogens is 1. The summed E-state index contributed by atoms with van der Waals surface area (Å²) >= 11 is 0. The smallest absolute Gasteiger partial charge is 0.330 e. The number of aliphatic hydroxyl groups excluding tert-OH is 1. The van der Waals surface area contributed by atoms with Crippen LogP contribution in [0.5, 0.6) is 0 Å². The zero-order valence-electron chi connectivity index (χ0n) is 27.6. The second kappa shape index (κ2) is 11.3. The van der Waals surface area contributed by atoms with Crippen molar-refractivity contribution in [1.29, 1.82) is 0 Å². The van der Waals surface area contributed by atoms with Gasteiger partial charge in [0.2, 0.25) is 0 Å². The lowest BCUT2D eigenvalue weighted by molar-refractivity contribution is -0.145. The number of rotatable bonds is 9. The minimum absolute atomic E-state index is 0.0651. The maximum absolute atomic E-state index is 13.1. The van der Waals surface area contributed by atoms with Gasteiger partial charge in [-0.1, -0.05) is 62.3 Å². The van der Waals surface area contributed by atoms with Crippen LogP contribution < -0.4 is 11.2 Å². The fraction of sp³-hybridized carbons (Fsp3) is 0.857. The van der Waals surface area contributed by atoms with Crippen LogP contribution in [0.25, 0.3) is 0 Å². The van der Waals surface area contributed by atoms with E-state index in [1.165, 1.54) is 16.8 Å². The van der Waals surface area contributed by atoms with Crippen molar-refractivity contribution in [1.82, 2.24) is 9.55 Å². The average molecular weight is 617 g/mol. The molecule has 1 saturated heterocycles. The van der Waals surface area contributed by atoms with Gasteiger partial charge in [0, 0.05) is 12.3 Å². The van der Waals surface area contributed by atoms with Crippen LogP contribution in [0.1, 0.15) is 68.5 Å². The summed E-state index contributed by atoms with van der Waals surface area (Å²) in [4.78, 5) is 27.4. The standard InChI is InChI=1S/C28H56N2O7Si3/c1-25(2,3)38(10,11)34-19-28(18-31)22(37-40(14,15)27(7,8)9)21(36-39(12,13)26(4,5)6)23(35-28)30-17-16-20(32)29-24(30)33/h16-17,21-23,31H,18-19H2,1-15H3,(H,29,32,33)/t21-,22+,23-,28-/m1/s1. The molecule has 2 heterocycles. The summed E-state index contributed by atoms with van der Waals surface area (Å²) in [5.74, 6) is 0. The molecule has 4 atom stereocenters. The van der Waals surface area contributed by atoms with Gasteiger partial charge in [0.15, 0.2) is 31.2 Å². The summed E-state index contributed by atoms with van der Waals surface area (Å²) in [6.45, 7) is 32.1. The SMILES string of the molecule is CC(C)(C)[Si](C)(C)OC[C@@]1(CO)O[C@@H](n2ccc(=O)[nH]c2=O)[C@H](O[Si](C)(C)C(C)(C)C)[C@@H]1O[Si](C)(C)C(C)(C)C. The van der Waals surface area contributed by atoms with Gasteiger partial charge in [0.25, 0.3) is 5.56 Å². The molecule has 0 radical (unpaired) electrons. The Bertz CT molecular complexity index is 1140. The predicted molar refractivity (Wildman–Crippen MR) is 169 cm³/mol. The number of hydrogen-bond acceptors (Lipinski definition) is 7. The maximum atomic E-state index is 13.1. The molecule has 1 aromatic rings. The molecular weight excluding hydrogens is 561 g/mol. The lowest BCUT2D eigenvalue weighted by Crippen LogP contribution is -2.60. The number of aliphatic hydroxyl groups is 1. The first-order chi connectivity index (χ1) is 17.7. The molecule has 0 saturated carbocycles. The Kier molecular flexibility index (Phi) is 10.0. The molecule has 1 fully saturated rings. The molecule has 0 aromatic carbocycles. The van der Waals surface area contributed by atoms with E-state index in [4.69, 9.17) is 18.0 Å². The molecule has 0 aliphatic carbocycles. The van der Waals surface area contributed by atoms with Crippen molar-refractivity contribution in [2.75, 3.05) is 13.2 Å². The third kappa shape index (κ3) is 7.19. The largest absolute Gasteiger partial charge is 0.414 e. The van der Waals surface area contributed by atoms with Crippen LogP contribution in [0.2, 0.25) is 54.4 Å². The lowest BCUT2D eigenvalue weighted by Gasteiger charge is -2.46. The molecular formula is C28H56N2O7Si3. The zero-order chi connectivity index (χ0) is 31.3. The lowest BCUT2D eigenvalue weighted by atomic mass is 9.97. The van der Waals surface area contributed by atoms with Crippen LogP contribution in [0.4, 0.5) is 0 Å². The second-order valence-electron chi connectivity index (χ2n) is 15.9. The van der Waals surface area contributed by atoms with Gasteiger partial charge in [-0.3, -0.25) is 14.3 Å². The van der Waals surface area contributed by atoms with Gasteiger partial charge in [-0.25, -0.2) is 4.79 Å². The van der Waals surface area contributed by atoms with E-state index in [0.29, 0.717) is 0 Å². The Balaban J connectivity index is 2.81. The summed E-state index contributed by atoms with van der Waals surface area (Å²) in [5.41, 5.74) is -2.39. The van der Waals surface area contributed by atoms with Gasteiger partial charge >= 0.3 is 5.69 Å². The molecule has 0 unspecified atom stereocenters. The molecule has 232 valence electrons. The van der Waals surface area contributed by atoms with Crippen LogP contribution in [-0.4, -0.2) is 70.6 Å². The topological polar surface area (TPSA) is 112 Å². The third-order valence-corrected chi connectivity index (χ3v) is 23.2.